The highest BCUT2D eigenvalue weighted by atomic mass is 79.9. The maximum absolute atomic E-state index is 5.22. The highest BCUT2D eigenvalue weighted by molar-refractivity contribution is 9.10. The van der Waals surface area contributed by atoms with E-state index < -0.39 is 0 Å². The molecule has 1 rings (SSSR count). The fraction of sp³-hybridized carbons (Fsp3) is 0.571. The minimum Gasteiger partial charge on any atom is -0.496 e. The van der Waals surface area contributed by atoms with Crippen LogP contribution in [0.25, 0.3) is 0 Å². The summed E-state index contributed by atoms with van der Waals surface area (Å²) in [5.41, 5.74) is 1.12. The van der Waals surface area contributed by atoms with Crippen LogP contribution in [0, 0.1) is 11.8 Å². The molecular weight excluding hydrogens is 292 g/mol. The highest BCUT2D eigenvalue weighted by Crippen LogP contribution is 2.27. The molecule has 1 atom stereocenters. The maximum Gasteiger partial charge on any atom is 0.133 e. The van der Waals surface area contributed by atoms with Gasteiger partial charge in [0, 0.05) is 12.2 Å². The Kier molecular flexibility index (Phi) is 6.50. The molecule has 1 aromatic rings. The fourth-order valence-electron chi connectivity index (χ4n) is 1.83. The molecule has 102 valence electrons. The van der Waals surface area contributed by atoms with Gasteiger partial charge in [-0.1, -0.05) is 13.8 Å². The van der Waals surface area contributed by atoms with Crippen molar-refractivity contribution >= 4 is 21.6 Å². The van der Waals surface area contributed by atoms with E-state index in [1.54, 1.807) is 7.11 Å². The average molecular weight is 315 g/mol. The molecule has 4 heteroatoms. The Labute approximate surface area is 118 Å². The first kappa shape index (κ1) is 15.3. The molecule has 0 amide bonds. The van der Waals surface area contributed by atoms with E-state index in [0.29, 0.717) is 11.8 Å². The summed E-state index contributed by atoms with van der Waals surface area (Å²) in [7, 11) is 3.67. The minimum atomic E-state index is 0.621. The third-order valence-electron chi connectivity index (χ3n) is 3.13. The summed E-state index contributed by atoms with van der Waals surface area (Å²) in [6, 6.07) is 6.06. The summed E-state index contributed by atoms with van der Waals surface area (Å²) in [5, 5.41) is 6.72. The zero-order valence-electron chi connectivity index (χ0n) is 11.6. The fourth-order valence-corrected chi connectivity index (χ4v) is 2.37. The number of methoxy groups -OCH3 is 1. The number of rotatable bonds is 7. The minimum absolute atomic E-state index is 0.621. The van der Waals surface area contributed by atoms with Crippen LogP contribution in [0.4, 0.5) is 5.69 Å². The van der Waals surface area contributed by atoms with Crippen molar-refractivity contribution in [3.63, 3.8) is 0 Å². The number of halogens is 1. The zero-order chi connectivity index (χ0) is 13.5. The van der Waals surface area contributed by atoms with Crippen LogP contribution in [0.5, 0.6) is 5.75 Å². The number of ether oxygens (including phenoxy) is 1. The Hall–Kier alpha value is -0.740. The van der Waals surface area contributed by atoms with Crippen LogP contribution in [-0.4, -0.2) is 27.2 Å². The van der Waals surface area contributed by atoms with Crippen LogP contribution < -0.4 is 15.4 Å². The number of nitrogens with one attached hydrogen (secondary N) is 2. The van der Waals surface area contributed by atoms with Crippen molar-refractivity contribution < 1.29 is 4.74 Å². The summed E-state index contributed by atoms with van der Waals surface area (Å²) in [4.78, 5) is 0. The molecule has 0 aliphatic carbocycles. The van der Waals surface area contributed by atoms with Crippen LogP contribution in [0.15, 0.2) is 22.7 Å². The van der Waals surface area contributed by atoms with Gasteiger partial charge in [0.25, 0.3) is 0 Å². The van der Waals surface area contributed by atoms with Gasteiger partial charge >= 0.3 is 0 Å². The Morgan fingerprint density at radius 3 is 2.50 bits per heavy atom. The van der Waals surface area contributed by atoms with E-state index in [1.807, 2.05) is 19.2 Å². The lowest BCUT2D eigenvalue weighted by Crippen LogP contribution is -2.29. The highest BCUT2D eigenvalue weighted by Gasteiger charge is 2.12. The van der Waals surface area contributed by atoms with Crippen molar-refractivity contribution in [2.75, 3.05) is 32.6 Å². The van der Waals surface area contributed by atoms with Crippen LogP contribution in [-0.2, 0) is 0 Å². The van der Waals surface area contributed by atoms with Gasteiger partial charge in [0.1, 0.15) is 5.75 Å². The second-order valence-electron chi connectivity index (χ2n) is 4.79. The Morgan fingerprint density at radius 1 is 1.28 bits per heavy atom. The van der Waals surface area contributed by atoms with Crippen molar-refractivity contribution in [3.05, 3.63) is 22.7 Å². The molecule has 1 unspecified atom stereocenters. The van der Waals surface area contributed by atoms with Gasteiger partial charge in [-0.05, 0) is 59.6 Å². The van der Waals surface area contributed by atoms with E-state index in [4.69, 9.17) is 4.74 Å². The molecule has 0 aromatic heterocycles. The van der Waals surface area contributed by atoms with Crippen molar-refractivity contribution in [2.45, 2.75) is 13.8 Å². The molecule has 0 aliphatic rings. The molecule has 3 nitrogen and oxygen atoms in total. The first-order chi connectivity index (χ1) is 8.58. The second-order valence-corrected chi connectivity index (χ2v) is 5.65. The van der Waals surface area contributed by atoms with E-state index in [0.717, 1.165) is 29.0 Å². The first-order valence-electron chi connectivity index (χ1n) is 6.30. The standard InChI is InChI=1S/C14H23BrN2O/c1-10(2)11(8-16-3)9-17-12-5-6-14(18-4)13(15)7-12/h5-7,10-11,16-17H,8-9H2,1-4H3. The number of hydrogen-bond acceptors (Lipinski definition) is 3. The number of anilines is 1. The Bertz CT molecular complexity index is 369. The van der Waals surface area contributed by atoms with Gasteiger partial charge < -0.3 is 15.4 Å². The normalized spacial score (nSPS) is 12.6. The lowest BCUT2D eigenvalue weighted by Gasteiger charge is -2.21. The molecule has 18 heavy (non-hydrogen) atoms. The van der Waals surface area contributed by atoms with E-state index in [9.17, 15) is 0 Å². The van der Waals surface area contributed by atoms with Gasteiger partial charge in [0.05, 0.1) is 11.6 Å². The predicted octanol–water partition coefficient (Wildman–Crippen LogP) is 3.36. The molecule has 0 bridgehead atoms. The van der Waals surface area contributed by atoms with Crippen LogP contribution in [0.1, 0.15) is 13.8 Å². The monoisotopic (exact) mass is 314 g/mol. The molecule has 0 radical (unpaired) electrons. The molecule has 0 fully saturated rings. The maximum atomic E-state index is 5.22. The SMILES string of the molecule is CNCC(CNc1ccc(OC)c(Br)c1)C(C)C. The van der Waals surface area contributed by atoms with Gasteiger partial charge in [0.15, 0.2) is 0 Å². The molecule has 1 aromatic carbocycles. The van der Waals surface area contributed by atoms with E-state index in [1.165, 1.54) is 0 Å². The van der Waals surface area contributed by atoms with Crippen LogP contribution in [0.2, 0.25) is 0 Å². The van der Waals surface area contributed by atoms with Crippen LogP contribution in [0.3, 0.4) is 0 Å². The second kappa shape index (κ2) is 7.64. The third kappa shape index (κ3) is 4.50. The predicted molar refractivity (Wildman–Crippen MR) is 81.4 cm³/mol. The largest absolute Gasteiger partial charge is 0.496 e. The Morgan fingerprint density at radius 2 is 2.00 bits per heavy atom. The molecule has 0 aliphatic heterocycles. The summed E-state index contributed by atoms with van der Waals surface area (Å²) in [6.07, 6.45) is 0. The van der Waals surface area contributed by atoms with Crippen molar-refractivity contribution in [2.24, 2.45) is 11.8 Å². The number of benzene rings is 1. The molecule has 2 N–H and O–H groups in total. The van der Waals surface area contributed by atoms with Gasteiger partial charge in [-0.3, -0.25) is 0 Å². The number of hydrogen-bond donors (Lipinski definition) is 2. The van der Waals surface area contributed by atoms with E-state index in [2.05, 4.69) is 46.5 Å². The molecule has 0 saturated heterocycles. The summed E-state index contributed by atoms with van der Waals surface area (Å²) in [6.45, 7) is 6.51. The topological polar surface area (TPSA) is 33.3 Å². The van der Waals surface area contributed by atoms with Gasteiger partial charge in [-0.15, -0.1) is 0 Å². The van der Waals surface area contributed by atoms with Crippen LogP contribution >= 0.6 is 15.9 Å². The molecule has 0 spiro atoms. The van der Waals surface area contributed by atoms with Crippen molar-refractivity contribution in [1.82, 2.24) is 5.32 Å². The molecule has 0 heterocycles. The smallest absolute Gasteiger partial charge is 0.133 e. The van der Waals surface area contributed by atoms with Gasteiger partial charge in [0.2, 0.25) is 0 Å². The quantitative estimate of drug-likeness (QED) is 0.809. The zero-order valence-corrected chi connectivity index (χ0v) is 13.2. The molecule has 0 saturated carbocycles. The summed E-state index contributed by atoms with van der Waals surface area (Å²) in [5.74, 6) is 2.14. The van der Waals surface area contributed by atoms with E-state index in [-0.39, 0.29) is 0 Å². The van der Waals surface area contributed by atoms with Crippen molar-refractivity contribution in [1.29, 1.82) is 0 Å². The average Bonchev–Trinajstić information content (AvgIpc) is 2.34. The van der Waals surface area contributed by atoms with E-state index >= 15 is 0 Å². The summed E-state index contributed by atoms with van der Waals surface area (Å²) < 4.78 is 6.19. The third-order valence-corrected chi connectivity index (χ3v) is 3.75. The van der Waals surface area contributed by atoms with Gasteiger partial charge in [-0.25, -0.2) is 0 Å². The first-order valence-corrected chi connectivity index (χ1v) is 7.09. The van der Waals surface area contributed by atoms with Gasteiger partial charge in [-0.2, -0.15) is 0 Å². The Balaban J connectivity index is 2.59. The lowest BCUT2D eigenvalue weighted by molar-refractivity contribution is 0.390. The molecular formula is C14H23BrN2O. The summed E-state index contributed by atoms with van der Waals surface area (Å²) >= 11 is 3.50. The van der Waals surface area contributed by atoms with Crippen molar-refractivity contribution in [3.8, 4) is 5.75 Å². The lowest BCUT2D eigenvalue weighted by atomic mass is 9.95.